The molecule has 0 radical (unpaired) electrons. The number of amides is 2. The van der Waals surface area contributed by atoms with Gasteiger partial charge in [0.15, 0.2) is 0 Å². The van der Waals surface area contributed by atoms with E-state index in [1.54, 1.807) is 19.1 Å². The normalized spacial score (nSPS) is 22.7. The fraction of sp³-hybridized carbons (Fsp3) is 0.619. The van der Waals surface area contributed by atoms with Crippen molar-refractivity contribution in [2.45, 2.75) is 58.6 Å². The summed E-state index contributed by atoms with van der Waals surface area (Å²) in [5, 5.41) is 16.1. The Labute approximate surface area is 165 Å². The van der Waals surface area contributed by atoms with Crippen LogP contribution in [0.15, 0.2) is 24.3 Å². The highest BCUT2D eigenvalue weighted by Gasteiger charge is 2.42. The molecule has 2 amide bonds. The first kappa shape index (κ1) is 22.1. The largest absolute Gasteiger partial charge is 0.450 e. The molecule has 2 rings (SSSR count). The SMILES string of the molecule is CCOC(=O)N[C@H](C(=O)NC[C@@]1(Cc2ccc(F)cc2)CCC[C@H]1O)C(C)C. The van der Waals surface area contributed by atoms with Crippen molar-refractivity contribution in [3.63, 3.8) is 0 Å². The van der Waals surface area contributed by atoms with Crippen molar-refractivity contribution >= 4 is 12.0 Å². The van der Waals surface area contributed by atoms with Crippen LogP contribution in [0.1, 0.15) is 45.6 Å². The molecule has 1 aliphatic rings. The number of carbonyl (C=O) groups excluding carboxylic acids is 2. The van der Waals surface area contributed by atoms with Crippen LogP contribution in [0, 0.1) is 17.2 Å². The molecule has 0 heterocycles. The van der Waals surface area contributed by atoms with E-state index in [1.165, 1.54) is 12.1 Å². The lowest BCUT2D eigenvalue weighted by Crippen LogP contribution is -2.53. The van der Waals surface area contributed by atoms with Crippen molar-refractivity contribution in [2.24, 2.45) is 11.3 Å². The maximum atomic E-state index is 13.2. The smallest absolute Gasteiger partial charge is 0.407 e. The van der Waals surface area contributed by atoms with E-state index in [9.17, 15) is 19.1 Å². The Morgan fingerprint density at radius 3 is 2.54 bits per heavy atom. The average molecular weight is 394 g/mol. The van der Waals surface area contributed by atoms with Gasteiger partial charge in [0.05, 0.1) is 12.7 Å². The quantitative estimate of drug-likeness (QED) is 0.633. The number of hydrogen-bond acceptors (Lipinski definition) is 4. The van der Waals surface area contributed by atoms with Gasteiger partial charge in [-0.3, -0.25) is 4.79 Å². The lowest BCUT2D eigenvalue weighted by atomic mass is 9.78. The van der Waals surface area contributed by atoms with Crippen LogP contribution < -0.4 is 10.6 Å². The second kappa shape index (κ2) is 9.87. The van der Waals surface area contributed by atoms with Gasteiger partial charge >= 0.3 is 6.09 Å². The summed E-state index contributed by atoms with van der Waals surface area (Å²) in [6, 6.07) is 5.51. The van der Waals surface area contributed by atoms with Gasteiger partial charge in [-0.05, 0) is 49.8 Å². The highest BCUT2D eigenvalue weighted by Crippen LogP contribution is 2.41. The Morgan fingerprint density at radius 1 is 1.32 bits per heavy atom. The number of alkyl carbamates (subject to hydrolysis) is 1. The molecule has 1 aromatic rings. The molecule has 0 aliphatic heterocycles. The van der Waals surface area contributed by atoms with Gasteiger partial charge in [-0.2, -0.15) is 0 Å². The van der Waals surface area contributed by atoms with Crippen LogP contribution in [0.4, 0.5) is 9.18 Å². The molecule has 0 unspecified atom stereocenters. The first-order chi connectivity index (χ1) is 13.3. The zero-order chi connectivity index (χ0) is 20.7. The molecular formula is C21H31FN2O4. The first-order valence-electron chi connectivity index (χ1n) is 9.91. The van der Waals surface area contributed by atoms with E-state index in [0.29, 0.717) is 12.8 Å². The summed E-state index contributed by atoms with van der Waals surface area (Å²) < 4.78 is 18.1. The summed E-state index contributed by atoms with van der Waals surface area (Å²) in [7, 11) is 0. The van der Waals surface area contributed by atoms with E-state index in [1.807, 2.05) is 13.8 Å². The third kappa shape index (κ3) is 5.67. The Kier molecular flexibility index (Phi) is 7.80. The highest BCUT2D eigenvalue weighted by atomic mass is 19.1. The molecule has 1 fully saturated rings. The number of nitrogens with one attached hydrogen (secondary N) is 2. The molecule has 0 bridgehead atoms. The molecule has 0 aromatic heterocycles. The summed E-state index contributed by atoms with van der Waals surface area (Å²) in [5.41, 5.74) is 0.417. The number of halogens is 1. The minimum absolute atomic E-state index is 0.119. The topological polar surface area (TPSA) is 87.7 Å². The second-order valence-corrected chi connectivity index (χ2v) is 7.88. The van der Waals surface area contributed by atoms with Gasteiger partial charge in [-0.1, -0.05) is 32.4 Å². The minimum atomic E-state index is -0.722. The van der Waals surface area contributed by atoms with Gasteiger partial charge in [0.1, 0.15) is 11.9 Å². The fourth-order valence-electron chi connectivity index (χ4n) is 3.81. The van der Waals surface area contributed by atoms with Gasteiger partial charge in [-0.25, -0.2) is 9.18 Å². The van der Waals surface area contributed by atoms with Crippen LogP contribution in [0.2, 0.25) is 0 Å². The Balaban J connectivity index is 2.06. The van der Waals surface area contributed by atoms with Crippen LogP contribution >= 0.6 is 0 Å². The second-order valence-electron chi connectivity index (χ2n) is 7.88. The molecule has 156 valence electrons. The molecule has 3 atom stereocenters. The highest BCUT2D eigenvalue weighted by molar-refractivity contribution is 5.85. The molecule has 3 N–H and O–H groups in total. The number of aliphatic hydroxyl groups excluding tert-OH is 1. The Bertz CT molecular complexity index is 665. The van der Waals surface area contributed by atoms with E-state index in [2.05, 4.69) is 10.6 Å². The number of aliphatic hydroxyl groups is 1. The van der Waals surface area contributed by atoms with Gasteiger partial charge in [0.25, 0.3) is 0 Å². The van der Waals surface area contributed by atoms with E-state index in [-0.39, 0.29) is 30.8 Å². The van der Waals surface area contributed by atoms with E-state index in [0.717, 1.165) is 18.4 Å². The lowest BCUT2D eigenvalue weighted by Gasteiger charge is -2.34. The van der Waals surface area contributed by atoms with Crippen molar-refractivity contribution in [1.82, 2.24) is 10.6 Å². The zero-order valence-corrected chi connectivity index (χ0v) is 16.8. The summed E-state index contributed by atoms with van der Waals surface area (Å²) in [5.74, 6) is -0.727. The summed E-state index contributed by atoms with van der Waals surface area (Å²) in [6.45, 7) is 5.90. The molecule has 1 saturated carbocycles. The van der Waals surface area contributed by atoms with Crippen LogP contribution in [0.5, 0.6) is 0 Å². The maximum absolute atomic E-state index is 13.2. The van der Waals surface area contributed by atoms with E-state index < -0.39 is 23.7 Å². The molecule has 0 saturated heterocycles. The Morgan fingerprint density at radius 2 is 2.00 bits per heavy atom. The third-order valence-corrected chi connectivity index (χ3v) is 5.44. The van der Waals surface area contributed by atoms with E-state index >= 15 is 0 Å². The summed E-state index contributed by atoms with van der Waals surface area (Å²) >= 11 is 0. The maximum Gasteiger partial charge on any atom is 0.407 e. The van der Waals surface area contributed by atoms with Crippen molar-refractivity contribution in [3.05, 3.63) is 35.6 Å². The Hall–Kier alpha value is -2.15. The number of benzene rings is 1. The van der Waals surface area contributed by atoms with Crippen molar-refractivity contribution in [1.29, 1.82) is 0 Å². The predicted octanol–water partition coefficient (Wildman–Crippen LogP) is 2.79. The van der Waals surface area contributed by atoms with Crippen molar-refractivity contribution in [3.8, 4) is 0 Å². The predicted molar refractivity (Wildman–Crippen MR) is 104 cm³/mol. The molecule has 28 heavy (non-hydrogen) atoms. The standard InChI is InChI=1S/C21H31FN2O4/c1-4-28-20(27)24-18(14(2)3)19(26)23-13-21(11-5-6-17(21)25)12-15-7-9-16(22)10-8-15/h7-10,14,17-18,25H,4-6,11-13H2,1-3H3,(H,23,26)(H,24,27)/t17-,18+,21+/m1/s1. The van der Waals surface area contributed by atoms with Gasteiger partial charge < -0.3 is 20.5 Å². The number of ether oxygens (including phenoxy) is 1. The molecular weight excluding hydrogens is 363 g/mol. The van der Waals surface area contributed by atoms with Gasteiger partial charge in [-0.15, -0.1) is 0 Å². The molecule has 1 aliphatic carbocycles. The monoisotopic (exact) mass is 394 g/mol. The van der Waals surface area contributed by atoms with Gasteiger partial charge in [0.2, 0.25) is 5.91 Å². The molecule has 0 spiro atoms. The van der Waals surface area contributed by atoms with Crippen LogP contribution in [0.25, 0.3) is 0 Å². The van der Waals surface area contributed by atoms with Crippen molar-refractivity contribution in [2.75, 3.05) is 13.2 Å². The number of rotatable bonds is 8. The molecule has 7 heteroatoms. The number of hydrogen-bond donors (Lipinski definition) is 3. The van der Waals surface area contributed by atoms with Crippen LogP contribution in [0.3, 0.4) is 0 Å². The summed E-state index contributed by atoms with van der Waals surface area (Å²) in [6.07, 6.45) is 1.68. The fourth-order valence-corrected chi connectivity index (χ4v) is 3.81. The lowest BCUT2D eigenvalue weighted by molar-refractivity contribution is -0.125. The first-order valence-corrected chi connectivity index (χ1v) is 9.91. The minimum Gasteiger partial charge on any atom is -0.450 e. The van der Waals surface area contributed by atoms with Crippen LogP contribution in [-0.4, -0.2) is 42.4 Å². The van der Waals surface area contributed by atoms with Crippen molar-refractivity contribution < 1.29 is 23.8 Å². The zero-order valence-electron chi connectivity index (χ0n) is 16.8. The average Bonchev–Trinajstić information content (AvgIpc) is 3.00. The molecule has 1 aromatic carbocycles. The van der Waals surface area contributed by atoms with Gasteiger partial charge in [0, 0.05) is 12.0 Å². The summed E-state index contributed by atoms with van der Waals surface area (Å²) in [4.78, 5) is 24.4. The third-order valence-electron chi connectivity index (χ3n) is 5.44. The number of carbonyl (C=O) groups is 2. The van der Waals surface area contributed by atoms with E-state index in [4.69, 9.17) is 4.74 Å². The molecule has 6 nitrogen and oxygen atoms in total. The van der Waals surface area contributed by atoms with Crippen LogP contribution in [-0.2, 0) is 16.0 Å².